The third-order valence-corrected chi connectivity index (χ3v) is 4.15. The maximum atomic E-state index is 6.15. The van der Waals surface area contributed by atoms with E-state index in [-0.39, 0.29) is 0 Å². The molecular formula is C13H13ClIN3. The molecule has 0 aromatic carbocycles. The van der Waals surface area contributed by atoms with Gasteiger partial charge in [0.2, 0.25) is 0 Å². The second kappa shape index (κ2) is 5.93. The minimum Gasteiger partial charge on any atom is -0.261 e. The number of aromatic nitrogens is 3. The third-order valence-electron chi connectivity index (χ3n) is 2.49. The minimum atomic E-state index is 0.333. The number of nitrogens with zero attached hydrogens (tertiary/aromatic N) is 3. The van der Waals surface area contributed by atoms with Crippen LogP contribution in [0.15, 0.2) is 24.4 Å². The zero-order chi connectivity index (χ0) is 13.1. The van der Waals surface area contributed by atoms with Crippen molar-refractivity contribution >= 4 is 34.2 Å². The highest BCUT2D eigenvalue weighted by Crippen LogP contribution is 2.25. The lowest BCUT2D eigenvalue weighted by atomic mass is 10.1. The van der Waals surface area contributed by atoms with Gasteiger partial charge in [0.15, 0.2) is 0 Å². The fourth-order valence-corrected chi connectivity index (χ4v) is 2.67. The summed E-state index contributed by atoms with van der Waals surface area (Å²) in [5, 5.41) is 0.528. The molecule has 2 rings (SSSR count). The molecule has 5 heteroatoms. The summed E-state index contributed by atoms with van der Waals surface area (Å²) in [6.07, 6.45) is 2.38. The van der Waals surface area contributed by atoms with Gasteiger partial charge in [0.1, 0.15) is 11.0 Å². The normalized spacial score (nSPS) is 10.9. The number of halogens is 2. The van der Waals surface area contributed by atoms with Crippen molar-refractivity contribution in [3.05, 3.63) is 50.3 Å². The van der Waals surface area contributed by atoms with Crippen molar-refractivity contribution in [2.75, 3.05) is 0 Å². The lowest BCUT2D eigenvalue weighted by Crippen LogP contribution is -2.06. The van der Waals surface area contributed by atoms with E-state index in [9.17, 15) is 0 Å². The summed E-state index contributed by atoms with van der Waals surface area (Å²) < 4.78 is 0.939. The molecule has 0 atom stereocenters. The molecule has 0 saturated heterocycles. The Kier molecular flexibility index (Phi) is 4.50. The number of hydrogen-bond donors (Lipinski definition) is 0. The highest BCUT2D eigenvalue weighted by atomic mass is 127. The lowest BCUT2D eigenvalue weighted by Gasteiger charge is -2.10. The summed E-state index contributed by atoms with van der Waals surface area (Å²) in [7, 11) is 0. The Morgan fingerprint density at radius 2 is 2.06 bits per heavy atom. The van der Waals surface area contributed by atoms with Crippen molar-refractivity contribution < 1.29 is 0 Å². The average molecular weight is 374 g/mol. The molecule has 0 fully saturated rings. The quantitative estimate of drug-likeness (QED) is 0.606. The highest BCUT2D eigenvalue weighted by molar-refractivity contribution is 14.1. The highest BCUT2D eigenvalue weighted by Gasteiger charge is 2.13. The van der Waals surface area contributed by atoms with Gasteiger partial charge in [-0.15, -0.1) is 0 Å². The van der Waals surface area contributed by atoms with E-state index in [0.717, 1.165) is 20.8 Å². The molecule has 0 unspecified atom stereocenters. The van der Waals surface area contributed by atoms with E-state index in [1.54, 1.807) is 6.20 Å². The van der Waals surface area contributed by atoms with Crippen LogP contribution in [-0.2, 0) is 6.42 Å². The first-order chi connectivity index (χ1) is 8.58. The van der Waals surface area contributed by atoms with Gasteiger partial charge in [0.25, 0.3) is 0 Å². The molecule has 0 aliphatic rings. The predicted octanol–water partition coefficient (Wildman–Crippen LogP) is 3.84. The molecule has 94 valence electrons. The van der Waals surface area contributed by atoms with Gasteiger partial charge in [-0.1, -0.05) is 31.5 Å². The average Bonchev–Trinajstić information content (AvgIpc) is 2.34. The van der Waals surface area contributed by atoms with Crippen LogP contribution >= 0.6 is 34.2 Å². The summed E-state index contributed by atoms with van der Waals surface area (Å²) in [5.41, 5.74) is 1.95. The van der Waals surface area contributed by atoms with Crippen molar-refractivity contribution in [1.29, 1.82) is 0 Å². The number of hydrogen-bond acceptors (Lipinski definition) is 3. The van der Waals surface area contributed by atoms with Crippen LogP contribution in [0.25, 0.3) is 0 Å². The molecule has 0 bridgehead atoms. The molecule has 2 aromatic heterocycles. The van der Waals surface area contributed by atoms with Crippen LogP contribution in [0.4, 0.5) is 0 Å². The topological polar surface area (TPSA) is 38.7 Å². The summed E-state index contributed by atoms with van der Waals surface area (Å²) in [4.78, 5) is 13.2. The Morgan fingerprint density at radius 1 is 1.28 bits per heavy atom. The van der Waals surface area contributed by atoms with E-state index in [2.05, 4.69) is 51.4 Å². The van der Waals surface area contributed by atoms with E-state index in [1.165, 1.54) is 0 Å². The van der Waals surface area contributed by atoms with Crippen molar-refractivity contribution in [2.24, 2.45) is 0 Å². The summed E-state index contributed by atoms with van der Waals surface area (Å²) in [5.74, 6) is 1.06. The molecule has 0 saturated carbocycles. The van der Waals surface area contributed by atoms with Gasteiger partial charge in [-0.3, -0.25) is 4.98 Å². The first kappa shape index (κ1) is 13.7. The monoisotopic (exact) mass is 373 g/mol. The van der Waals surface area contributed by atoms with Crippen LogP contribution < -0.4 is 0 Å². The first-order valence-corrected chi connectivity index (χ1v) is 7.15. The zero-order valence-electron chi connectivity index (χ0n) is 10.2. The SMILES string of the molecule is CC(C)c1nc(Cc2ccccn2)nc(Cl)c1I. The maximum absolute atomic E-state index is 6.15. The van der Waals surface area contributed by atoms with Gasteiger partial charge in [-0.05, 0) is 40.6 Å². The fourth-order valence-electron chi connectivity index (χ4n) is 1.61. The van der Waals surface area contributed by atoms with E-state index < -0.39 is 0 Å². The Hall–Kier alpha value is -0.750. The van der Waals surface area contributed by atoms with E-state index in [1.807, 2.05) is 18.2 Å². The van der Waals surface area contributed by atoms with E-state index in [0.29, 0.717) is 17.5 Å². The van der Waals surface area contributed by atoms with Crippen molar-refractivity contribution in [2.45, 2.75) is 26.2 Å². The Morgan fingerprint density at radius 3 is 2.67 bits per heavy atom. The molecule has 2 aromatic rings. The summed E-state index contributed by atoms with van der Waals surface area (Å²) >= 11 is 8.35. The fraction of sp³-hybridized carbons (Fsp3) is 0.308. The van der Waals surface area contributed by atoms with Gasteiger partial charge >= 0.3 is 0 Å². The molecule has 0 amide bonds. The molecule has 0 N–H and O–H groups in total. The van der Waals surface area contributed by atoms with Gasteiger partial charge in [0, 0.05) is 11.9 Å². The van der Waals surface area contributed by atoms with Crippen molar-refractivity contribution in [1.82, 2.24) is 15.0 Å². The van der Waals surface area contributed by atoms with Gasteiger partial charge in [-0.25, -0.2) is 9.97 Å². The van der Waals surface area contributed by atoms with E-state index in [4.69, 9.17) is 11.6 Å². The smallest absolute Gasteiger partial charge is 0.146 e. The molecule has 0 aliphatic heterocycles. The molecule has 0 radical (unpaired) electrons. The zero-order valence-corrected chi connectivity index (χ0v) is 13.1. The van der Waals surface area contributed by atoms with Crippen LogP contribution in [0, 0.1) is 3.57 Å². The second-order valence-electron chi connectivity index (χ2n) is 4.28. The molecule has 0 aliphatic carbocycles. The Bertz CT molecular complexity index is 543. The van der Waals surface area contributed by atoms with Crippen molar-refractivity contribution in [3.8, 4) is 0 Å². The third kappa shape index (κ3) is 3.17. The van der Waals surface area contributed by atoms with Gasteiger partial charge in [0.05, 0.1) is 15.7 Å². The first-order valence-electron chi connectivity index (χ1n) is 5.69. The largest absolute Gasteiger partial charge is 0.261 e. The number of rotatable bonds is 3. The summed E-state index contributed by atoms with van der Waals surface area (Å²) in [6, 6.07) is 5.81. The van der Waals surface area contributed by atoms with Gasteiger partial charge < -0.3 is 0 Å². The predicted molar refractivity (Wildman–Crippen MR) is 80.9 cm³/mol. The Labute approximate surface area is 125 Å². The molecule has 0 spiro atoms. The summed E-state index contributed by atoms with van der Waals surface area (Å²) in [6.45, 7) is 4.21. The van der Waals surface area contributed by atoms with Crippen LogP contribution in [0.3, 0.4) is 0 Å². The lowest BCUT2D eigenvalue weighted by molar-refractivity contribution is 0.780. The molecule has 2 heterocycles. The molecule has 3 nitrogen and oxygen atoms in total. The number of pyridine rings is 1. The minimum absolute atomic E-state index is 0.333. The van der Waals surface area contributed by atoms with Gasteiger partial charge in [-0.2, -0.15) is 0 Å². The molecule has 18 heavy (non-hydrogen) atoms. The van der Waals surface area contributed by atoms with Crippen LogP contribution in [0.5, 0.6) is 0 Å². The van der Waals surface area contributed by atoms with Crippen LogP contribution in [0.1, 0.15) is 37.0 Å². The van der Waals surface area contributed by atoms with E-state index >= 15 is 0 Å². The van der Waals surface area contributed by atoms with Crippen LogP contribution in [0.2, 0.25) is 5.15 Å². The Balaban J connectivity index is 2.35. The second-order valence-corrected chi connectivity index (χ2v) is 5.72. The molecular weight excluding hydrogens is 361 g/mol. The maximum Gasteiger partial charge on any atom is 0.146 e. The van der Waals surface area contributed by atoms with Crippen molar-refractivity contribution in [3.63, 3.8) is 0 Å². The standard InChI is InChI=1S/C13H13ClIN3/c1-8(2)12-11(15)13(14)18-10(17-12)7-9-5-3-4-6-16-9/h3-6,8H,7H2,1-2H3. The van der Waals surface area contributed by atoms with Crippen LogP contribution in [-0.4, -0.2) is 15.0 Å².